The summed E-state index contributed by atoms with van der Waals surface area (Å²) in [6, 6.07) is 80.9. The van der Waals surface area contributed by atoms with Crippen molar-refractivity contribution in [2.45, 2.75) is 0 Å². The van der Waals surface area contributed by atoms with Gasteiger partial charge >= 0.3 is 0 Å². The fraction of sp³-hybridized carbons (Fsp3) is 0.0154. The Labute approximate surface area is 395 Å². The van der Waals surface area contributed by atoms with Gasteiger partial charge in [0, 0.05) is 45.6 Å². The van der Waals surface area contributed by atoms with Crippen LogP contribution in [0.4, 0.5) is 28.4 Å². The summed E-state index contributed by atoms with van der Waals surface area (Å²) in [6.07, 6.45) is 6.78. The summed E-state index contributed by atoms with van der Waals surface area (Å²) in [5.74, 6) is 0. The molecule has 1 aliphatic heterocycles. The van der Waals surface area contributed by atoms with Crippen LogP contribution in [0.5, 0.6) is 0 Å². The first kappa shape index (κ1) is 39.4. The second-order valence-electron chi connectivity index (χ2n) is 17.7. The highest BCUT2D eigenvalue weighted by Gasteiger charge is 2.22. The number of furan rings is 1. The smallest absolute Gasteiger partial charge is 0.159 e. The van der Waals surface area contributed by atoms with Gasteiger partial charge in [0.25, 0.3) is 0 Å². The number of benzene rings is 11. The van der Waals surface area contributed by atoms with Crippen molar-refractivity contribution in [1.82, 2.24) is 0 Å². The number of anilines is 5. The minimum absolute atomic E-state index is 0.703. The molecule has 2 heterocycles. The number of hydrogen-bond donors (Lipinski definition) is 0. The Hall–Kier alpha value is -8.92. The lowest BCUT2D eigenvalue weighted by molar-refractivity contribution is 0.669. The molecule has 0 saturated carbocycles. The second-order valence-corrected chi connectivity index (χ2v) is 17.7. The summed E-state index contributed by atoms with van der Waals surface area (Å²) < 4.78 is 6.74. The molecule has 13 rings (SSSR count). The maximum atomic E-state index is 6.74. The summed E-state index contributed by atoms with van der Waals surface area (Å²) in [4.78, 5) is 4.74. The van der Waals surface area contributed by atoms with Gasteiger partial charge in [0.05, 0.1) is 5.69 Å². The van der Waals surface area contributed by atoms with Gasteiger partial charge in [-0.05, 0) is 138 Å². The Bertz CT molecular complexity index is 3980. The minimum atomic E-state index is 0.703. The molecule has 0 amide bonds. The maximum Gasteiger partial charge on any atom is 0.159 e. The molecule has 0 unspecified atom stereocenters. The van der Waals surface area contributed by atoms with Crippen LogP contribution >= 0.6 is 0 Å². The zero-order valence-corrected chi connectivity index (χ0v) is 37.3. The third kappa shape index (κ3) is 6.59. The van der Waals surface area contributed by atoms with Crippen molar-refractivity contribution in [2.75, 3.05) is 16.3 Å². The second kappa shape index (κ2) is 16.2. The Morgan fingerprint density at radius 2 is 1.04 bits per heavy atom. The van der Waals surface area contributed by atoms with Crippen LogP contribution in [0.3, 0.4) is 0 Å². The number of hydrogen-bond acceptors (Lipinski definition) is 3. The topological polar surface area (TPSA) is 19.6 Å². The molecule has 3 nitrogen and oxygen atoms in total. The molecule has 1 aliphatic rings. The van der Waals surface area contributed by atoms with Gasteiger partial charge in [-0.2, -0.15) is 0 Å². The molecule has 1 aromatic heterocycles. The Balaban J connectivity index is 0.958. The zero-order valence-electron chi connectivity index (χ0n) is 37.3. The van der Waals surface area contributed by atoms with Crippen molar-refractivity contribution in [3.63, 3.8) is 0 Å². The van der Waals surface area contributed by atoms with Gasteiger partial charge in [-0.15, -0.1) is 0 Å². The lowest BCUT2D eigenvalue weighted by Gasteiger charge is -2.27. The van der Waals surface area contributed by atoms with Crippen LogP contribution in [0.15, 0.2) is 254 Å². The molecule has 0 spiro atoms. The summed E-state index contributed by atoms with van der Waals surface area (Å²) in [6.45, 7) is 5.47. The molecular formula is C65H44N2O. The van der Waals surface area contributed by atoms with Gasteiger partial charge in [-0.3, -0.25) is 0 Å². The molecule has 0 N–H and O–H groups in total. The monoisotopic (exact) mass is 868 g/mol. The number of rotatable bonds is 6. The van der Waals surface area contributed by atoms with Crippen molar-refractivity contribution >= 4 is 105 Å². The highest BCUT2D eigenvalue weighted by molar-refractivity contribution is 6.26. The lowest BCUT2D eigenvalue weighted by atomic mass is 9.93. The Kier molecular flexibility index (Phi) is 9.40. The van der Waals surface area contributed by atoms with E-state index in [2.05, 4.69) is 246 Å². The molecule has 0 radical (unpaired) electrons. The summed E-state index contributed by atoms with van der Waals surface area (Å²) in [7, 11) is 0. The van der Waals surface area contributed by atoms with Gasteiger partial charge < -0.3 is 14.2 Å². The molecule has 0 fully saturated rings. The first-order chi connectivity index (χ1) is 33.6. The van der Waals surface area contributed by atoms with Crippen LogP contribution in [0.2, 0.25) is 0 Å². The van der Waals surface area contributed by atoms with Crippen molar-refractivity contribution in [2.24, 2.45) is 0 Å². The van der Waals surface area contributed by atoms with E-state index in [-0.39, 0.29) is 0 Å². The molecular weight excluding hydrogens is 825 g/mol. The van der Waals surface area contributed by atoms with Crippen LogP contribution in [-0.2, 0) is 0 Å². The van der Waals surface area contributed by atoms with E-state index >= 15 is 0 Å². The van der Waals surface area contributed by atoms with E-state index in [1.807, 2.05) is 6.07 Å². The van der Waals surface area contributed by atoms with Crippen LogP contribution < -0.4 is 9.80 Å². The van der Waals surface area contributed by atoms with Gasteiger partial charge in [0.1, 0.15) is 5.58 Å². The quantitative estimate of drug-likeness (QED) is 0.155. The molecule has 11 aromatic carbocycles. The standard InChI is InChI=1S/C65H44N2O/c1-43-40-47(52-27-13-17-45-16-5-6-21-51(45)52)18-15-39-66(48-19-3-2-4-20-48)62-38-33-46(41-60(43)62)44-31-34-49(35-32-44)67(63-29-14-28-59-58-26-11-12-30-64(58)68-65(59)63)50-36-37-57-55-24-8-7-22-53(55)54-23-9-10-25-56(54)61(57)42-50/h2-38,40-42H,1,39H2/b18-15-,47-40+. The fourth-order valence-electron chi connectivity index (χ4n) is 10.6. The number of allylic oxidation sites excluding steroid dienone is 4. The van der Waals surface area contributed by atoms with Crippen LogP contribution in [0.1, 0.15) is 11.1 Å². The SMILES string of the molecule is C=C1/C=C(c2cccc3ccccc23)\C=C/CN(c2ccccc2)c2ccc(-c3ccc(N(c4ccc5c6ccccc6c6ccccc6c5c4)c4cccc5c4oc4ccccc45)cc3)cc21. The molecule has 0 bridgehead atoms. The number of fused-ring (bicyclic) bond motifs is 11. The molecule has 0 saturated heterocycles. The number of para-hydroxylation sites is 3. The predicted octanol–water partition coefficient (Wildman–Crippen LogP) is 18.1. The zero-order chi connectivity index (χ0) is 45.1. The predicted molar refractivity (Wildman–Crippen MR) is 290 cm³/mol. The molecule has 320 valence electrons. The summed E-state index contributed by atoms with van der Waals surface area (Å²) in [5.41, 5.74) is 13.6. The van der Waals surface area contributed by atoms with Crippen LogP contribution in [-0.4, -0.2) is 6.54 Å². The fourth-order valence-corrected chi connectivity index (χ4v) is 10.6. The highest BCUT2D eigenvalue weighted by Crippen LogP contribution is 2.46. The minimum Gasteiger partial charge on any atom is -0.454 e. The summed E-state index contributed by atoms with van der Waals surface area (Å²) in [5, 5.41) is 12.1. The van der Waals surface area contributed by atoms with E-state index < -0.39 is 0 Å². The van der Waals surface area contributed by atoms with E-state index in [1.54, 1.807) is 0 Å². The molecule has 68 heavy (non-hydrogen) atoms. The average Bonchev–Trinajstić information content (AvgIpc) is 3.81. The third-order valence-electron chi connectivity index (χ3n) is 13.8. The van der Waals surface area contributed by atoms with Gasteiger partial charge in [-0.25, -0.2) is 0 Å². The van der Waals surface area contributed by atoms with E-state index in [0.717, 1.165) is 78.2 Å². The summed E-state index contributed by atoms with van der Waals surface area (Å²) >= 11 is 0. The van der Waals surface area contributed by atoms with E-state index in [0.29, 0.717) is 6.54 Å². The first-order valence-corrected chi connectivity index (χ1v) is 23.3. The molecule has 3 heteroatoms. The van der Waals surface area contributed by atoms with Crippen molar-refractivity contribution < 1.29 is 4.42 Å². The van der Waals surface area contributed by atoms with Crippen molar-refractivity contribution in [3.05, 3.63) is 260 Å². The average molecular weight is 869 g/mol. The van der Waals surface area contributed by atoms with Gasteiger partial charge in [0.2, 0.25) is 0 Å². The largest absolute Gasteiger partial charge is 0.454 e. The van der Waals surface area contributed by atoms with Crippen LogP contribution in [0.25, 0.3) is 87.3 Å². The van der Waals surface area contributed by atoms with Crippen molar-refractivity contribution in [1.29, 1.82) is 0 Å². The van der Waals surface area contributed by atoms with Crippen molar-refractivity contribution in [3.8, 4) is 11.1 Å². The maximum absolute atomic E-state index is 6.74. The van der Waals surface area contributed by atoms with Crippen LogP contribution in [0, 0.1) is 0 Å². The lowest BCUT2D eigenvalue weighted by Crippen LogP contribution is -2.18. The Morgan fingerprint density at radius 3 is 1.82 bits per heavy atom. The van der Waals surface area contributed by atoms with E-state index in [9.17, 15) is 0 Å². The molecule has 12 aromatic rings. The van der Waals surface area contributed by atoms with Gasteiger partial charge in [-0.1, -0.05) is 183 Å². The first-order valence-electron chi connectivity index (χ1n) is 23.3. The number of nitrogens with zero attached hydrogens (tertiary/aromatic N) is 2. The normalized spacial score (nSPS) is 14.2. The molecule has 0 aliphatic carbocycles. The van der Waals surface area contributed by atoms with E-state index in [1.165, 1.54) is 48.7 Å². The molecule has 0 atom stereocenters. The van der Waals surface area contributed by atoms with E-state index in [4.69, 9.17) is 11.0 Å². The third-order valence-corrected chi connectivity index (χ3v) is 13.8. The Morgan fingerprint density at radius 1 is 0.441 bits per heavy atom. The highest BCUT2D eigenvalue weighted by atomic mass is 16.3. The van der Waals surface area contributed by atoms with Gasteiger partial charge in [0.15, 0.2) is 5.58 Å².